The summed E-state index contributed by atoms with van der Waals surface area (Å²) in [5.74, 6) is 0.744. The number of likely N-dealkylation sites (tertiary alicyclic amines) is 1. The summed E-state index contributed by atoms with van der Waals surface area (Å²) >= 11 is 0. The van der Waals surface area contributed by atoms with Gasteiger partial charge in [-0.25, -0.2) is 0 Å². The van der Waals surface area contributed by atoms with Crippen molar-refractivity contribution < 1.29 is 14.6 Å². The zero-order valence-corrected chi connectivity index (χ0v) is 10.6. The number of ether oxygens (including phenoxy) is 1. The summed E-state index contributed by atoms with van der Waals surface area (Å²) in [4.78, 5) is 13.8. The zero-order chi connectivity index (χ0) is 12.3. The fourth-order valence-corrected chi connectivity index (χ4v) is 2.92. The SMILES string of the molecule is COC1CCC(CC(=O)N2CC[C@@H](O)C2)CC1. The van der Waals surface area contributed by atoms with Gasteiger partial charge in [-0.1, -0.05) is 0 Å². The van der Waals surface area contributed by atoms with Crippen molar-refractivity contribution in [1.82, 2.24) is 4.90 Å². The molecule has 0 unspecified atom stereocenters. The van der Waals surface area contributed by atoms with Crippen LogP contribution in [0.3, 0.4) is 0 Å². The van der Waals surface area contributed by atoms with E-state index in [1.165, 1.54) is 0 Å². The third-order valence-electron chi connectivity index (χ3n) is 4.11. The summed E-state index contributed by atoms with van der Waals surface area (Å²) in [6.45, 7) is 1.26. The number of β-amino-alcohol motifs (C(OH)–C–C–N with tert-alkyl or cyclic N) is 1. The fourth-order valence-electron chi connectivity index (χ4n) is 2.92. The van der Waals surface area contributed by atoms with Gasteiger partial charge in [0.05, 0.1) is 12.2 Å². The number of aliphatic hydroxyl groups is 1. The van der Waals surface area contributed by atoms with Gasteiger partial charge in [-0.05, 0) is 38.0 Å². The van der Waals surface area contributed by atoms with Crippen molar-refractivity contribution in [3.8, 4) is 0 Å². The molecule has 98 valence electrons. The Balaban J connectivity index is 1.72. The maximum Gasteiger partial charge on any atom is 0.222 e. The molecule has 1 aliphatic heterocycles. The van der Waals surface area contributed by atoms with E-state index in [0.717, 1.165) is 38.6 Å². The van der Waals surface area contributed by atoms with Crippen LogP contribution in [0.15, 0.2) is 0 Å². The molecule has 1 saturated carbocycles. The molecule has 0 aromatic rings. The first-order chi connectivity index (χ1) is 8.19. The van der Waals surface area contributed by atoms with Gasteiger partial charge >= 0.3 is 0 Å². The first-order valence-corrected chi connectivity index (χ1v) is 6.67. The van der Waals surface area contributed by atoms with Crippen LogP contribution in [0.2, 0.25) is 0 Å². The topological polar surface area (TPSA) is 49.8 Å². The number of carbonyl (C=O) groups is 1. The summed E-state index contributed by atoms with van der Waals surface area (Å²) in [6, 6.07) is 0. The largest absolute Gasteiger partial charge is 0.391 e. The monoisotopic (exact) mass is 241 g/mol. The Morgan fingerprint density at radius 2 is 2.00 bits per heavy atom. The highest BCUT2D eigenvalue weighted by Crippen LogP contribution is 2.29. The van der Waals surface area contributed by atoms with Crippen LogP contribution in [0, 0.1) is 5.92 Å². The Kier molecular flexibility index (Phi) is 4.40. The highest BCUT2D eigenvalue weighted by atomic mass is 16.5. The van der Waals surface area contributed by atoms with Gasteiger partial charge in [0.25, 0.3) is 0 Å². The first kappa shape index (κ1) is 12.8. The third-order valence-corrected chi connectivity index (χ3v) is 4.11. The maximum absolute atomic E-state index is 12.0. The molecule has 0 spiro atoms. The normalized spacial score (nSPS) is 34.0. The molecule has 1 atom stereocenters. The Hall–Kier alpha value is -0.610. The lowest BCUT2D eigenvalue weighted by atomic mass is 9.85. The van der Waals surface area contributed by atoms with E-state index >= 15 is 0 Å². The average Bonchev–Trinajstić information content (AvgIpc) is 2.77. The van der Waals surface area contributed by atoms with Crippen LogP contribution >= 0.6 is 0 Å². The summed E-state index contributed by atoms with van der Waals surface area (Å²) in [5.41, 5.74) is 0. The molecule has 1 N–H and O–H groups in total. The van der Waals surface area contributed by atoms with Gasteiger partial charge in [0.1, 0.15) is 0 Å². The van der Waals surface area contributed by atoms with Gasteiger partial charge in [0.2, 0.25) is 5.91 Å². The number of amides is 1. The second-order valence-corrected chi connectivity index (χ2v) is 5.36. The van der Waals surface area contributed by atoms with E-state index in [9.17, 15) is 9.90 Å². The maximum atomic E-state index is 12.0. The molecule has 17 heavy (non-hydrogen) atoms. The van der Waals surface area contributed by atoms with Gasteiger partial charge in [-0.2, -0.15) is 0 Å². The minimum Gasteiger partial charge on any atom is -0.391 e. The molecule has 0 aromatic carbocycles. The van der Waals surface area contributed by atoms with Crippen molar-refractivity contribution in [2.24, 2.45) is 5.92 Å². The molecule has 4 nitrogen and oxygen atoms in total. The smallest absolute Gasteiger partial charge is 0.222 e. The molecule has 2 rings (SSSR count). The average molecular weight is 241 g/mol. The second-order valence-electron chi connectivity index (χ2n) is 5.36. The summed E-state index contributed by atoms with van der Waals surface area (Å²) in [7, 11) is 1.77. The Morgan fingerprint density at radius 3 is 2.53 bits per heavy atom. The molecular formula is C13H23NO3. The van der Waals surface area contributed by atoms with Crippen molar-refractivity contribution in [2.75, 3.05) is 20.2 Å². The molecular weight excluding hydrogens is 218 g/mol. The van der Waals surface area contributed by atoms with Crippen LogP contribution in [0.4, 0.5) is 0 Å². The van der Waals surface area contributed by atoms with Crippen molar-refractivity contribution in [3.63, 3.8) is 0 Å². The van der Waals surface area contributed by atoms with E-state index in [0.29, 0.717) is 25.0 Å². The summed E-state index contributed by atoms with van der Waals surface area (Å²) in [5, 5.41) is 9.41. The van der Waals surface area contributed by atoms with Gasteiger partial charge in [-0.15, -0.1) is 0 Å². The molecule has 1 heterocycles. The quantitative estimate of drug-likeness (QED) is 0.807. The molecule has 4 heteroatoms. The Labute approximate surface area is 103 Å². The molecule has 0 bridgehead atoms. The molecule has 0 radical (unpaired) electrons. The lowest BCUT2D eigenvalue weighted by Crippen LogP contribution is -2.32. The molecule has 1 amide bonds. The Morgan fingerprint density at radius 1 is 1.29 bits per heavy atom. The van der Waals surface area contributed by atoms with E-state index in [2.05, 4.69) is 0 Å². The Bertz CT molecular complexity index is 261. The van der Waals surface area contributed by atoms with Crippen LogP contribution in [0.5, 0.6) is 0 Å². The van der Waals surface area contributed by atoms with Gasteiger partial charge in [0.15, 0.2) is 0 Å². The van der Waals surface area contributed by atoms with Crippen LogP contribution in [-0.4, -0.2) is 48.3 Å². The van der Waals surface area contributed by atoms with Crippen molar-refractivity contribution in [1.29, 1.82) is 0 Å². The van der Waals surface area contributed by atoms with Crippen LogP contribution in [0.1, 0.15) is 38.5 Å². The molecule has 1 aliphatic carbocycles. The molecule has 0 aromatic heterocycles. The molecule has 2 aliphatic rings. The number of methoxy groups -OCH3 is 1. The van der Waals surface area contributed by atoms with E-state index in [-0.39, 0.29) is 12.0 Å². The zero-order valence-electron chi connectivity index (χ0n) is 10.6. The fraction of sp³-hybridized carbons (Fsp3) is 0.923. The van der Waals surface area contributed by atoms with E-state index < -0.39 is 0 Å². The predicted molar refractivity (Wildman–Crippen MR) is 64.6 cm³/mol. The van der Waals surface area contributed by atoms with E-state index in [1.54, 1.807) is 7.11 Å². The lowest BCUT2D eigenvalue weighted by molar-refractivity contribution is -0.132. The molecule has 2 fully saturated rings. The van der Waals surface area contributed by atoms with Crippen molar-refractivity contribution in [3.05, 3.63) is 0 Å². The van der Waals surface area contributed by atoms with Gasteiger partial charge < -0.3 is 14.7 Å². The minimum absolute atomic E-state index is 0.224. The number of aliphatic hydroxyl groups excluding tert-OH is 1. The minimum atomic E-state index is -0.303. The highest BCUT2D eigenvalue weighted by Gasteiger charge is 2.28. The molecule has 1 saturated heterocycles. The van der Waals surface area contributed by atoms with Crippen molar-refractivity contribution in [2.45, 2.75) is 50.7 Å². The standard InChI is InChI=1S/C13H23NO3/c1-17-12-4-2-10(3-5-12)8-13(16)14-7-6-11(15)9-14/h10-12,15H,2-9H2,1H3/t10?,11-,12?/m1/s1. The summed E-state index contributed by atoms with van der Waals surface area (Å²) < 4.78 is 5.33. The van der Waals surface area contributed by atoms with Crippen molar-refractivity contribution >= 4 is 5.91 Å². The van der Waals surface area contributed by atoms with E-state index in [1.807, 2.05) is 4.90 Å². The third kappa shape index (κ3) is 3.42. The van der Waals surface area contributed by atoms with Gasteiger partial charge in [-0.3, -0.25) is 4.79 Å². The lowest BCUT2D eigenvalue weighted by Gasteiger charge is -2.28. The number of hydrogen-bond acceptors (Lipinski definition) is 3. The number of rotatable bonds is 3. The highest BCUT2D eigenvalue weighted by molar-refractivity contribution is 5.76. The number of nitrogens with zero attached hydrogens (tertiary/aromatic N) is 1. The van der Waals surface area contributed by atoms with Gasteiger partial charge in [0, 0.05) is 26.6 Å². The number of hydrogen-bond donors (Lipinski definition) is 1. The van der Waals surface area contributed by atoms with Crippen LogP contribution in [0.25, 0.3) is 0 Å². The number of carbonyl (C=O) groups excluding carboxylic acids is 1. The first-order valence-electron chi connectivity index (χ1n) is 6.67. The predicted octanol–water partition coefficient (Wildman–Crippen LogP) is 1.17. The van der Waals surface area contributed by atoms with Crippen LogP contribution < -0.4 is 0 Å². The van der Waals surface area contributed by atoms with E-state index in [4.69, 9.17) is 4.74 Å². The summed E-state index contributed by atoms with van der Waals surface area (Å²) in [6.07, 6.45) is 5.85. The van der Waals surface area contributed by atoms with Crippen LogP contribution in [-0.2, 0) is 9.53 Å². The second kappa shape index (κ2) is 5.83.